The van der Waals surface area contributed by atoms with Crippen molar-refractivity contribution in [2.24, 2.45) is 0 Å². The Morgan fingerprint density at radius 2 is 1.73 bits per heavy atom. The van der Waals surface area contributed by atoms with Crippen LogP contribution in [0.25, 0.3) is 11.3 Å². The molecule has 4 aromatic rings. The highest BCUT2D eigenvalue weighted by Gasteiger charge is 2.15. The third-order valence-electron chi connectivity index (χ3n) is 5.22. The molecular weight excluding hydrogens is 396 g/mol. The molecule has 0 aliphatic rings. The summed E-state index contributed by atoms with van der Waals surface area (Å²) in [5.41, 5.74) is 5.84. The number of carbonyl (C=O) groups excluding carboxylic acids is 1. The van der Waals surface area contributed by atoms with Crippen molar-refractivity contribution in [1.29, 1.82) is 0 Å². The van der Waals surface area contributed by atoms with Gasteiger partial charge in [0.25, 0.3) is 0 Å². The summed E-state index contributed by atoms with van der Waals surface area (Å²) in [6, 6.07) is 11.7. The molecule has 0 radical (unpaired) electrons. The second kappa shape index (κ2) is 7.91. The molecule has 2 aromatic carbocycles. The van der Waals surface area contributed by atoms with Crippen LogP contribution in [0.2, 0.25) is 0 Å². The first-order valence-corrected chi connectivity index (χ1v) is 10.6. The molecule has 0 atom stereocenters. The first-order valence-electron chi connectivity index (χ1n) is 9.62. The molecule has 0 fully saturated rings. The SMILES string of the molecule is Cc1ccc(C(=O)CSc2nnc3c(=O)n(-c4ccc(C)c(C)c4)ccn23)c(C)c1. The number of aromatic nitrogens is 4. The Balaban J connectivity index is 1.61. The van der Waals surface area contributed by atoms with E-state index in [-0.39, 0.29) is 22.7 Å². The van der Waals surface area contributed by atoms with Crippen LogP contribution in [-0.4, -0.2) is 30.7 Å². The van der Waals surface area contributed by atoms with Crippen molar-refractivity contribution in [2.75, 3.05) is 5.75 Å². The van der Waals surface area contributed by atoms with Gasteiger partial charge in [0.2, 0.25) is 5.65 Å². The zero-order chi connectivity index (χ0) is 21.4. The van der Waals surface area contributed by atoms with Crippen LogP contribution in [0.4, 0.5) is 0 Å². The van der Waals surface area contributed by atoms with Crippen LogP contribution in [0.3, 0.4) is 0 Å². The topological polar surface area (TPSA) is 69.3 Å². The molecule has 2 heterocycles. The van der Waals surface area contributed by atoms with Gasteiger partial charge in [-0.15, -0.1) is 10.2 Å². The van der Waals surface area contributed by atoms with Crippen LogP contribution in [-0.2, 0) is 0 Å². The Bertz CT molecular complexity index is 1340. The highest BCUT2D eigenvalue weighted by Crippen LogP contribution is 2.20. The number of benzene rings is 2. The highest BCUT2D eigenvalue weighted by molar-refractivity contribution is 7.99. The zero-order valence-electron chi connectivity index (χ0n) is 17.3. The van der Waals surface area contributed by atoms with Gasteiger partial charge in [-0.3, -0.25) is 18.6 Å². The lowest BCUT2D eigenvalue weighted by molar-refractivity contribution is 0.102. The first-order chi connectivity index (χ1) is 14.3. The lowest BCUT2D eigenvalue weighted by Gasteiger charge is -2.09. The van der Waals surface area contributed by atoms with Crippen LogP contribution < -0.4 is 5.56 Å². The fourth-order valence-electron chi connectivity index (χ4n) is 3.38. The maximum Gasteiger partial charge on any atom is 0.300 e. The fourth-order valence-corrected chi connectivity index (χ4v) is 4.18. The smallest absolute Gasteiger partial charge is 0.293 e. The molecule has 0 amide bonds. The molecule has 30 heavy (non-hydrogen) atoms. The number of thioether (sulfide) groups is 1. The van der Waals surface area contributed by atoms with E-state index in [1.165, 1.54) is 17.3 Å². The maximum absolute atomic E-state index is 12.9. The average molecular weight is 419 g/mol. The molecule has 4 rings (SSSR count). The number of hydrogen-bond donors (Lipinski definition) is 0. The average Bonchev–Trinajstić information content (AvgIpc) is 3.12. The minimum absolute atomic E-state index is 0.0257. The minimum atomic E-state index is -0.249. The lowest BCUT2D eigenvalue weighted by Crippen LogP contribution is -2.20. The van der Waals surface area contributed by atoms with E-state index in [4.69, 9.17) is 0 Å². The molecule has 7 heteroatoms. The van der Waals surface area contributed by atoms with Crippen LogP contribution in [0.5, 0.6) is 0 Å². The van der Waals surface area contributed by atoms with Gasteiger partial charge in [-0.1, -0.05) is 41.6 Å². The molecule has 0 bridgehead atoms. The van der Waals surface area contributed by atoms with E-state index in [0.717, 1.165) is 22.4 Å². The molecule has 6 nitrogen and oxygen atoms in total. The molecular formula is C23H22N4O2S. The molecule has 0 spiro atoms. The van der Waals surface area contributed by atoms with Gasteiger partial charge >= 0.3 is 5.56 Å². The molecule has 0 aliphatic heterocycles. The number of aryl methyl sites for hydroxylation is 4. The Labute approximate surface area is 178 Å². The van der Waals surface area contributed by atoms with Crippen molar-refractivity contribution >= 4 is 23.2 Å². The minimum Gasteiger partial charge on any atom is -0.293 e. The zero-order valence-corrected chi connectivity index (χ0v) is 18.2. The van der Waals surface area contributed by atoms with Gasteiger partial charge in [0.15, 0.2) is 10.9 Å². The summed E-state index contributed by atoms with van der Waals surface area (Å²) in [6.45, 7) is 7.99. The molecule has 2 aromatic heterocycles. The number of rotatable bonds is 5. The second-order valence-corrected chi connectivity index (χ2v) is 8.39. The van der Waals surface area contributed by atoms with Gasteiger partial charge in [-0.05, 0) is 56.5 Å². The van der Waals surface area contributed by atoms with Gasteiger partial charge in [-0.25, -0.2) is 0 Å². The largest absolute Gasteiger partial charge is 0.300 e. The van der Waals surface area contributed by atoms with Gasteiger partial charge in [0.1, 0.15) is 0 Å². The number of nitrogens with zero attached hydrogens (tertiary/aromatic N) is 4. The van der Waals surface area contributed by atoms with Crippen LogP contribution in [0, 0.1) is 27.7 Å². The molecule has 0 saturated carbocycles. The standard InChI is InChI=1S/C23H22N4O2S/c1-14-5-8-19(17(4)11-14)20(28)13-30-23-25-24-21-22(29)26(9-10-27(21)23)18-7-6-15(2)16(3)12-18/h5-12H,13H2,1-4H3. The van der Waals surface area contributed by atoms with Gasteiger partial charge in [0.05, 0.1) is 5.75 Å². The molecule has 0 N–H and O–H groups in total. The predicted octanol–water partition coefficient (Wildman–Crippen LogP) is 4.09. The number of carbonyl (C=O) groups is 1. The second-order valence-electron chi connectivity index (χ2n) is 7.45. The van der Waals surface area contributed by atoms with Crippen molar-refractivity contribution in [3.05, 3.63) is 87.0 Å². The number of hydrogen-bond acceptors (Lipinski definition) is 5. The molecule has 0 aliphatic carbocycles. The van der Waals surface area contributed by atoms with Crippen LogP contribution in [0.15, 0.2) is 58.7 Å². The van der Waals surface area contributed by atoms with Crippen LogP contribution >= 0.6 is 11.8 Å². The Morgan fingerprint density at radius 1 is 0.933 bits per heavy atom. The monoisotopic (exact) mass is 418 g/mol. The van der Waals surface area contributed by atoms with Gasteiger partial charge in [-0.2, -0.15) is 0 Å². The summed E-state index contributed by atoms with van der Waals surface area (Å²) < 4.78 is 3.20. The third-order valence-corrected chi connectivity index (χ3v) is 6.17. The summed E-state index contributed by atoms with van der Waals surface area (Å²) in [5.74, 6) is 0.253. The summed E-state index contributed by atoms with van der Waals surface area (Å²) in [7, 11) is 0. The number of Topliss-reactive ketones (excluding diaryl/α,β-unsaturated/α-hetero) is 1. The normalized spacial score (nSPS) is 11.2. The fraction of sp³-hybridized carbons (Fsp3) is 0.217. The Hall–Kier alpha value is -3.19. The lowest BCUT2D eigenvalue weighted by atomic mass is 10.0. The molecule has 0 unspecified atom stereocenters. The van der Waals surface area contributed by atoms with Crippen molar-refractivity contribution in [1.82, 2.24) is 19.2 Å². The van der Waals surface area contributed by atoms with E-state index >= 15 is 0 Å². The van der Waals surface area contributed by atoms with E-state index in [9.17, 15) is 9.59 Å². The van der Waals surface area contributed by atoms with Crippen molar-refractivity contribution in [2.45, 2.75) is 32.9 Å². The van der Waals surface area contributed by atoms with E-state index in [1.807, 2.05) is 64.1 Å². The maximum atomic E-state index is 12.9. The predicted molar refractivity (Wildman–Crippen MR) is 119 cm³/mol. The summed E-state index contributed by atoms with van der Waals surface area (Å²) in [5, 5.41) is 8.73. The highest BCUT2D eigenvalue weighted by atomic mass is 32.2. The van der Waals surface area contributed by atoms with Crippen molar-refractivity contribution in [3.8, 4) is 5.69 Å². The van der Waals surface area contributed by atoms with E-state index in [1.54, 1.807) is 21.4 Å². The first kappa shape index (κ1) is 20.1. The summed E-state index contributed by atoms with van der Waals surface area (Å²) in [6.07, 6.45) is 3.47. The quantitative estimate of drug-likeness (QED) is 0.361. The Morgan fingerprint density at radius 3 is 2.47 bits per heavy atom. The van der Waals surface area contributed by atoms with Gasteiger partial charge < -0.3 is 0 Å². The number of ketones is 1. The molecule has 152 valence electrons. The Kier molecular flexibility index (Phi) is 5.30. The van der Waals surface area contributed by atoms with Gasteiger partial charge in [0, 0.05) is 23.6 Å². The van der Waals surface area contributed by atoms with Crippen LogP contribution in [0.1, 0.15) is 32.6 Å². The summed E-state index contributed by atoms with van der Waals surface area (Å²) >= 11 is 1.28. The summed E-state index contributed by atoms with van der Waals surface area (Å²) in [4.78, 5) is 25.6. The van der Waals surface area contributed by atoms with E-state index in [2.05, 4.69) is 10.2 Å². The van der Waals surface area contributed by atoms with E-state index in [0.29, 0.717) is 10.7 Å². The molecule has 0 saturated heterocycles. The van der Waals surface area contributed by atoms with Crippen molar-refractivity contribution < 1.29 is 4.79 Å². The van der Waals surface area contributed by atoms with Crippen molar-refractivity contribution in [3.63, 3.8) is 0 Å². The number of fused-ring (bicyclic) bond motifs is 1. The van der Waals surface area contributed by atoms with E-state index < -0.39 is 0 Å². The third kappa shape index (κ3) is 3.68.